The standard InChI is InChI=1S/C16H19NO4/c18-10-12-9-13(15(20)16(21)14(12)19)17-8-4-7-11-5-2-1-3-6-11/h1-9,13-16,18-21H,10H2/b7-4+,17-8-/t13-,14+,15-,16?/m0/s1. The van der Waals surface area contributed by atoms with Crippen LogP contribution in [0.25, 0.3) is 6.08 Å². The van der Waals surface area contributed by atoms with Gasteiger partial charge in [0.1, 0.15) is 18.3 Å². The number of allylic oxidation sites excluding steroid dienone is 1. The number of aliphatic hydroxyl groups is 4. The van der Waals surface area contributed by atoms with Gasteiger partial charge in [-0.1, -0.05) is 42.5 Å². The highest BCUT2D eigenvalue weighted by Crippen LogP contribution is 2.21. The monoisotopic (exact) mass is 289 g/mol. The molecule has 0 aliphatic heterocycles. The molecule has 112 valence electrons. The van der Waals surface area contributed by atoms with E-state index in [9.17, 15) is 15.3 Å². The summed E-state index contributed by atoms with van der Waals surface area (Å²) < 4.78 is 0. The summed E-state index contributed by atoms with van der Waals surface area (Å²) in [7, 11) is 0. The number of nitrogens with zero attached hydrogens (tertiary/aromatic N) is 1. The molecule has 0 amide bonds. The van der Waals surface area contributed by atoms with E-state index in [1.807, 2.05) is 36.4 Å². The molecule has 4 atom stereocenters. The maximum Gasteiger partial charge on any atom is 0.112 e. The van der Waals surface area contributed by atoms with Gasteiger partial charge in [0.2, 0.25) is 0 Å². The minimum absolute atomic E-state index is 0.266. The molecular formula is C16H19NO4. The molecule has 0 radical (unpaired) electrons. The molecule has 2 rings (SSSR count). The summed E-state index contributed by atoms with van der Waals surface area (Å²) in [6.07, 6.45) is 2.79. The summed E-state index contributed by atoms with van der Waals surface area (Å²) in [6, 6.07) is 8.99. The van der Waals surface area contributed by atoms with E-state index in [-0.39, 0.29) is 12.2 Å². The third-order valence-corrected chi connectivity index (χ3v) is 3.40. The molecule has 0 aromatic heterocycles. The molecule has 5 nitrogen and oxygen atoms in total. The molecule has 1 unspecified atom stereocenters. The lowest BCUT2D eigenvalue weighted by Crippen LogP contribution is -2.48. The van der Waals surface area contributed by atoms with E-state index in [0.29, 0.717) is 0 Å². The van der Waals surface area contributed by atoms with Gasteiger partial charge in [0.15, 0.2) is 0 Å². The maximum atomic E-state index is 9.86. The molecule has 0 spiro atoms. The third-order valence-electron chi connectivity index (χ3n) is 3.40. The molecule has 1 aromatic carbocycles. The van der Waals surface area contributed by atoms with Gasteiger partial charge >= 0.3 is 0 Å². The second-order valence-corrected chi connectivity index (χ2v) is 4.88. The van der Waals surface area contributed by atoms with Gasteiger partial charge in [-0.3, -0.25) is 4.99 Å². The maximum absolute atomic E-state index is 9.86. The first-order valence-corrected chi connectivity index (χ1v) is 6.74. The molecule has 0 saturated carbocycles. The number of benzene rings is 1. The van der Waals surface area contributed by atoms with Gasteiger partial charge in [-0.2, -0.15) is 0 Å². The normalized spacial score (nSPS) is 30.0. The predicted octanol–water partition coefficient (Wildman–Crippen LogP) is 0.154. The Morgan fingerprint density at radius 2 is 1.76 bits per heavy atom. The first-order chi connectivity index (χ1) is 10.1. The molecule has 1 aromatic rings. The SMILES string of the molecule is OCC1=C[C@H](/N=C\C=C\c2ccccc2)[C@H](O)C(O)[C@@H]1O. The number of hydrogen-bond acceptors (Lipinski definition) is 5. The molecule has 1 aliphatic carbocycles. The van der Waals surface area contributed by atoms with Crippen LogP contribution in [-0.4, -0.2) is 57.6 Å². The van der Waals surface area contributed by atoms with Crippen LogP contribution in [0.5, 0.6) is 0 Å². The van der Waals surface area contributed by atoms with Crippen molar-refractivity contribution in [3.8, 4) is 0 Å². The lowest BCUT2D eigenvalue weighted by molar-refractivity contribution is -0.0592. The highest BCUT2D eigenvalue weighted by atomic mass is 16.4. The largest absolute Gasteiger partial charge is 0.392 e. The Kier molecular flexibility index (Phi) is 5.41. The summed E-state index contributed by atoms with van der Waals surface area (Å²) >= 11 is 0. The summed E-state index contributed by atoms with van der Waals surface area (Å²) in [5, 5.41) is 38.3. The molecule has 1 aliphatic rings. The van der Waals surface area contributed by atoms with Crippen LogP contribution in [0.15, 0.2) is 53.0 Å². The summed E-state index contributed by atoms with van der Waals surface area (Å²) in [5.74, 6) is 0. The van der Waals surface area contributed by atoms with Crippen LogP contribution in [0.2, 0.25) is 0 Å². The van der Waals surface area contributed by atoms with E-state index in [4.69, 9.17) is 5.11 Å². The fraction of sp³-hybridized carbons (Fsp3) is 0.312. The zero-order valence-corrected chi connectivity index (χ0v) is 11.4. The number of rotatable bonds is 4. The highest BCUT2D eigenvalue weighted by Gasteiger charge is 2.36. The summed E-state index contributed by atoms with van der Waals surface area (Å²) in [6.45, 7) is -0.378. The second kappa shape index (κ2) is 7.28. The van der Waals surface area contributed by atoms with Gasteiger partial charge in [0, 0.05) is 6.21 Å². The van der Waals surface area contributed by atoms with Crippen LogP contribution in [-0.2, 0) is 0 Å². The Morgan fingerprint density at radius 1 is 1.05 bits per heavy atom. The van der Waals surface area contributed by atoms with Crippen molar-refractivity contribution < 1.29 is 20.4 Å². The van der Waals surface area contributed by atoms with Crippen molar-refractivity contribution in [2.75, 3.05) is 6.61 Å². The van der Waals surface area contributed by atoms with Gasteiger partial charge in [-0.25, -0.2) is 0 Å². The lowest BCUT2D eigenvalue weighted by Gasteiger charge is -2.32. The molecular weight excluding hydrogens is 270 g/mol. The fourth-order valence-corrected chi connectivity index (χ4v) is 2.17. The number of aliphatic hydroxyl groups excluding tert-OH is 4. The predicted molar refractivity (Wildman–Crippen MR) is 80.9 cm³/mol. The summed E-state index contributed by atoms with van der Waals surface area (Å²) in [5.41, 5.74) is 1.29. The summed E-state index contributed by atoms with van der Waals surface area (Å²) in [4.78, 5) is 4.14. The van der Waals surface area contributed by atoms with E-state index in [1.54, 1.807) is 6.08 Å². The Bertz CT molecular complexity index is 538. The minimum atomic E-state index is -1.35. The molecule has 0 saturated heterocycles. The minimum Gasteiger partial charge on any atom is -0.392 e. The van der Waals surface area contributed by atoms with Crippen LogP contribution in [0.1, 0.15) is 5.56 Å². The van der Waals surface area contributed by atoms with Crippen LogP contribution < -0.4 is 0 Å². The third kappa shape index (κ3) is 3.86. The number of hydrogen-bond donors (Lipinski definition) is 4. The molecule has 0 fully saturated rings. The Labute approximate surface area is 123 Å². The van der Waals surface area contributed by atoms with Crippen LogP contribution in [0.4, 0.5) is 0 Å². The zero-order chi connectivity index (χ0) is 15.2. The second-order valence-electron chi connectivity index (χ2n) is 4.88. The van der Waals surface area contributed by atoms with E-state index < -0.39 is 24.4 Å². The Balaban J connectivity index is 2.06. The van der Waals surface area contributed by atoms with E-state index in [0.717, 1.165) is 5.56 Å². The molecule has 21 heavy (non-hydrogen) atoms. The zero-order valence-electron chi connectivity index (χ0n) is 11.4. The smallest absolute Gasteiger partial charge is 0.112 e. The van der Waals surface area contributed by atoms with Crippen molar-refractivity contribution >= 4 is 12.3 Å². The van der Waals surface area contributed by atoms with Crippen molar-refractivity contribution in [2.24, 2.45) is 4.99 Å². The number of aliphatic imine (C=N–C) groups is 1. The van der Waals surface area contributed by atoms with Gasteiger partial charge < -0.3 is 20.4 Å². The van der Waals surface area contributed by atoms with Crippen molar-refractivity contribution in [1.29, 1.82) is 0 Å². The van der Waals surface area contributed by atoms with Gasteiger partial charge in [0.25, 0.3) is 0 Å². The average Bonchev–Trinajstić information content (AvgIpc) is 2.52. The van der Waals surface area contributed by atoms with Crippen molar-refractivity contribution in [2.45, 2.75) is 24.4 Å². The highest BCUT2D eigenvalue weighted by molar-refractivity contribution is 5.78. The van der Waals surface area contributed by atoms with Crippen LogP contribution in [0.3, 0.4) is 0 Å². The van der Waals surface area contributed by atoms with E-state index >= 15 is 0 Å². The Morgan fingerprint density at radius 3 is 2.43 bits per heavy atom. The Hall–Kier alpha value is -1.79. The molecule has 5 heteroatoms. The van der Waals surface area contributed by atoms with Crippen molar-refractivity contribution in [1.82, 2.24) is 0 Å². The van der Waals surface area contributed by atoms with E-state index in [2.05, 4.69) is 4.99 Å². The van der Waals surface area contributed by atoms with Gasteiger partial charge in [-0.15, -0.1) is 0 Å². The molecule has 0 bridgehead atoms. The first-order valence-electron chi connectivity index (χ1n) is 6.74. The fourth-order valence-electron chi connectivity index (χ4n) is 2.17. The van der Waals surface area contributed by atoms with E-state index in [1.165, 1.54) is 12.3 Å². The first kappa shape index (κ1) is 15.6. The molecule has 4 N–H and O–H groups in total. The topological polar surface area (TPSA) is 93.3 Å². The lowest BCUT2D eigenvalue weighted by atomic mass is 9.88. The molecule has 0 heterocycles. The van der Waals surface area contributed by atoms with Crippen molar-refractivity contribution in [3.05, 3.63) is 53.6 Å². The van der Waals surface area contributed by atoms with Crippen molar-refractivity contribution in [3.63, 3.8) is 0 Å². The van der Waals surface area contributed by atoms with Crippen LogP contribution in [0, 0.1) is 0 Å². The van der Waals surface area contributed by atoms with Gasteiger partial charge in [0.05, 0.1) is 12.6 Å². The average molecular weight is 289 g/mol. The van der Waals surface area contributed by atoms with Gasteiger partial charge in [-0.05, 0) is 17.2 Å². The quantitative estimate of drug-likeness (QED) is 0.469. The van der Waals surface area contributed by atoms with Crippen LogP contribution >= 0.6 is 0 Å².